The number of hydrogen-bond donors (Lipinski definition) is 1. The Morgan fingerprint density at radius 3 is 2.38 bits per heavy atom. The molecule has 1 amide bonds. The van der Waals surface area contributed by atoms with Gasteiger partial charge in [-0.05, 0) is 25.0 Å². The standard InChI is InChI=1S/C15H18FNO4/c1-9(2)13(15(20)21-8-10(3)18)17-14(19)11-6-4-5-7-12(11)16/h4-7,9,13H,8H2,1-3H3,(H,17,19). The zero-order chi connectivity index (χ0) is 16.0. The highest BCUT2D eigenvalue weighted by Crippen LogP contribution is 2.09. The van der Waals surface area contributed by atoms with E-state index in [0.717, 1.165) is 6.07 Å². The minimum atomic E-state index is -0.948. The number of carbonyl (C=O) groups is 3. The van der Waals surface area contributed by atoms with E-state index in [0.29, 0.717) is 0 Å². The quantitative estimate of drug-likeness (QED) is 0.811. The van der Waals surface area contributed by atoms with Crippen LogP contribution in [0.25, 0.3) is 0 Å². The molecular weight excluding hydrogens is 277 g/mol. The molecule has 0 spiro atoms. The van der Waals surface area contributed by atoms with E-state index >= 15 is 0 Å². The topological polar surface area (TPSA) is 72.5 Å². The van der Waals surface area contributed by atoms with Crippen LogP contribution in [0.4, 0.5) is 4.39 Å². The lowest BCUT2D eigenvalue weighted by Gasteiger charge is -2.20. The predicted octanol–water partition coefficient (Wildman–Crippen LogP) is 1.71. The molecule has 0 bridgehead atoms. The summed E-state index contributed by atoms with van der Waals surface area (Å²) in [5.41, 5.74) is -0.150. The second-order valence-corrected chi connectivity index (χ2v) is 4.98. The summed E-state index contributed by atoms with van der Waals surface area (Å²) in [4.78, 5) is 34.7. The molecule has 1 atom stereocenters. The SMILES string of the molecule is CC(=O)COC(=O)C(NC(=O)c1ccccc1F)C(C)C. The first-order chi connectivity index (χ1) is 9.82. The molecule has 0 aliphatic carbocycles. The van der Waals surface area contributed by atoms with Crippen molar-refractivity contribution in [1.29, 1.82) is 0 Å². The molecule has 0 aliphatic rings. The Hall–Kier alpha value is -2.24. The number of ether oxygens (including phenoxy) is 1. The zero-order valence-electron chi connectivity index (χ0n) is 12.2. The molecule has 0 saturated carbocycles. The van der Waals surface area contributed by atoms with E-state index in [1.807, 2.05) is 0 Å². The van der Waals surface area contributed by atoms with Gasteiger partial charge in [0.1, 0.15) is 18.5 Å². The number of benzene rings is 1. The first-order valence-corrected chi connectivity index (χ1v) is 6.54. The van der Waals surface area contributed by atoms with Crippen molar-refractivity contribution in [2.45, 2.75) is 26.8 Å². The van der Waals surface area contributed by atoms with Crippen LogP contribution in [-0.2, 0) is 14.3 Å². The van der Waals surface area contributed by atoms with Crippen LogP contribution in [0.2, 0.25) is 0 Å². The molecule has 5 nitrogen and oxygen atoms in total. The average Bonchev–Trinajstić information content (AvgIpc) is 2.42. The van der Waals surface area contributed by atoms with Crippen LogP contribution in [0.3, 0.4) is 0 Å². The highest BCUT2D eigenvalue weighted by molar-refractivity contribution is 5.97. The van der Waals surface area contributed by atoms with Gasteiger partial charge in [0, 0.05) is 0 Å². The van der Waals surface area contributed by atoms with Crippen LogP contribution in [0.1, 0.15) is 31.1 Å². The predicted molar refractivity (Wildman–Crippen MR) is 74.1 cm³/mol. The lowest BCUT2D eigenvalue weighted by atomic mass is 10.0. The number of carbonyl (C=O) groups excluding carboxylic acids is 3. The van der Waals surface area contributed by atoms with Crippen LogP contribution in [0, 0.1) is 11.7 Å². The molecule has 0 heterocycles. The molecule has 0 radical (unpaired) electrons. The number of nitrogens with one attached hydrogen (secondary N) is 1. The van der Waals surface area contributed by atoms with Crippen molar-refractivity contribution >= 4 is 17.7 Å². The number of hydrogen-bond acceptors (Lipinski definition) is 4. The molecule has 1 N–H and O–H groups in total. The van der Waals surface area contributed by atoms with Gasteiger partial charge in [-0.2, -0.15) is 0 Å². The van der Waals surface area contributed by atoms with Crippen LogP contribution in [0.15, 0.2) is 24.3 Å². The number of halogens is 1. The zero-order valence-corrected chi connectivity index (χ0v) is 12.2. The summed E-state index contributed by atoms with van der Waals surface area (Å²) in [6.07, 6.45) is 0. The fraction of sp³-hybridized carbons (Fsp3) is 0.400. The molecule has 114 valence electrons. The van der Waals surface area contributed by atoms with E-state index in [4.69, 9.17) is 4.74 Å². The maximum atomic E-state index is 13.5. The molecule has 0 fully saturated rings. The summed E-state index contributed by atoms with van der Waals surface area (Å²) in [6, 6.07) is 4.52. The maximum absolute atomic E-state index is 13.5. The average molecular weight is 295 g/mol. The van der Waals surface area contributed by atoms with Gasteiger partial charge in [-0.25, -0.2) is 9.18 Å². The number of Topliss-reactive ketones (excluding diaryl/α,β-unsaturated/α-hetero) is 1. The molecule has 6 heteroatoms. The fourth-order valence-corrected chi connectivity index (χ4v) is 1.62. The van der Waals surface area contributed by atoms with Gasteiger partial charge >= 0.3 is 5.97 Å². The Morgan fingerprint density at radius 1 is 1.24 bits per heavy atom. The number of esters is 1. The molecule has 0 aromatic heterocycles. The van der Waals surface area contributed by atoms with Gasteiger partial charge < -0.3 is 10.1 Å². The number of amides is 1. The Bertz CT molecular complexity index is 542. The first-order valence-electron chi connectivity index (χ1n) is 6.54. The number of ketones is 1. The van der Waals surface area contributed by atoms with Crippen molar-refractivity contribution in [3.63, 3.8) is 0 Å². The van der Waals surface area contributed by atoms with E-state index < -0.39 is 23.7 Å². The van der Waals surface area contributed by atoms with Crippen LogP contribution in [-0.4, -0.2) is 30.3 Å². The Morgan fingerprint density at radius 2 is 1.86 bits per heavy atom. The summed E-state index contributed by atoms with van der Waals surface area (Å²) in [6.45, 7) is 4.36. The molecule has 21 heavy (non-hydrogen) atoms. The van der Waals surface area contributed by atoms with Gasteiger partial charge in [0.15, 0.2) is 5.78 Å². The molecule has 1 aromatic carbocycles. The molecule has 0 aliphatic heterocycles. The van der Waals surface area contributed by atoms with E-state index in [2.05, 4.69) is 5.32 Å². The smallest absolute Gasteiger partial charge is 0.329 e. The van der Waals surface area contributed by atoms with Crippen LogP contribution >= 0.6 is 0 Å². The largest absolute Gasteiger partial charge is 0.456 e. The van der Waals surface area contributed by atoms with Gasteiger partial charge in [0.05, 0.1) is 5.56 Å². The monoisotopic (exact) mass is 295 g/mol. The molecular formula is C15H18FNO4. The third-order valence-electron chi connectivity index (χ3n) is 2.74. The summed E-state index contributed by atoms with van der Waals surface area (Å²) >= 11 is 0. The van der Waals surface area contributed by atoms with Gasteiger partial charge in [-0.15, -0.1) is 0 Å². The van der Waals surface area contributed by atoms with E-state index in [-0.39, 0.29) is 23.9 Å². The lowest BCUT2D eigenvalue weighted by molar-refractivity contribution is -0.150. The van der Waals surface area contributed by atoms with Gasteiger partial charge in [-0.1, -0.05) is 26.0 Å². The molecule has 1 aromatic rings. The van der Waals surface area contributed by atoms with Crippen molar-refractivity contribution in [2.24, 2.45) is 5.92 Å². The maximum Gasteiger partial charge on any atom is 0.329 e. The Labute approximate surface area is 122 Å². The third kappa shape index (κ3) is 4.98. The Balaban J connectivity index is 2.79. The van der Waals surface area contributed by atoms with Crippen molar-refractivity contribution in [2.75, 3.05) is 6.61 Å². The highest BCUT2D eigenvalue weighted by Gasteiger charge is 2.27. The van der Waals surface area contributed by atoms with Gasteiger partial charge in [0.2, 0.25) is 0 Å². The van der Waals surface area contributed by atoms with E-state index in [9.17, 15) is 18.8 Å². The molecule has 1 unspecified atom stereocenters. The summed E-state index contributed by atoms with van der Waals surface area (Å²) < 4.78 is 18.3. The van der Waals surface area contributed by atoms with Crippen molar-refractivity contribution in [1.82, 2.24) is 5.32 Å². The fourth-order valence-electron chi connectivity index (χ4n) is 1.62. The van der Waals surface area contributed by atoms with E-state index in [1.54, 1.807) is 13.8 Å². The normalized spacial score (nSPS) is 11.9. The van der Waals surface area contributed by atoms with Gasteiger partial charge in [-0.3, -0.25) is 9.59 Å². The first kappa shape index (κ1) is 16.8. The molecule has 0 saturated heterocycles. The Kier molecular flexibility index (Phi) is 6.02. The van der Waals surface area contributed by atoms with Crippen molar-refractivity contribution < 1.29 is 23.5 Å². The third-order valence-corrected chi connectivity index (χ3v) is 2.74. The van der Waals surface area contributed by atoms with Crippen LogP contribution < -0.4 is 5.32 Å². The van der Waals surface area contributed by atoms with E-state index in [1.165, 1.54) is 25.1 Å². The van der Waals surface area contributed by atoms with Crippen molar-refractivity contribution in [3.8, 4) is 0 Å². The van der Waals surface area contributed by atoms with Gasteiger partial charge in [0.25, 0.3) is 5.91 Å². The minimum absolute atomic E-state index is 0.150. The summed E-state index contributed by atoms with van der Waals surface area (Å²) in [5.74, 6) is -2.66. The highest BCUT2D eigenvalue weighted by atomic mass is 19.1. The minimum Gasteiger partial charge on any atom is -0.456 e. The van der Waals surface area contributed by atoms with Crippen molar-refractivity contribution in [3.05, 3.63) is 35.6 Å². The number of rotatable bonds is 6. The lowest BCUT2D eigenvalue weighted by Crippen LogP contribution is -2.45. The second-order valence-electron chi connectivity index (χ2n) is 4.98. The summed E-state index contributed by atoms with van der Waals surface area (Å²) in [5, 5.41) is 2.43. The molecule has 1 rings (SSSR count). The second kappa shape index (κ2) is 7.52. The van der Waals surface area contributed by atoms with Crippen LogP contribution in [0.5, 0.6) is 0 Å². The summed E-state index contributed by atoms with van der Waals surface area (Å²) in [7, 11) is 0.